The van der Waals surface area contributed by atoms with Gasteiger partial charge in [-0.2, -0.15) is 0 Å². The summed E-state index contributed by atoms with van der Waals surface area (Å²) in [6.45, 7) is 7.54. The smallest absolute Gasteiger partial charge is 0.00474 e. The summed E-state index contributed by atoms with van der Waals surface area (Å²) >= 11 is 0. The maximum Gasteiger partial charge on any atom is 0.00474 e. The Kier molecular flexibility index (Phi) is 2.88. The third-order valence-corrected chi connectivity index (χ3v) is 4.48. The van der Waals surface area contributed by atoms with Crippen molar-refractivity contribution in [1.82, 2.24) is 4.90 Å². The van der Waals surface area contributed by atoms with E-state index < -0.39 is 0 Å². The van der Waals surface area contributed by atoms with Crippen molar-refractivity contribution < 1.29 is 0 Å². The van der Waals surface area contributed by atoms with Gasteiger partial charge in [0.2, 0.25) is 0 Å². The van der Waals surface area contributed by atoms with Gasteiger partial charge in [-0.25, -0.2) is 0 Å². The van der Waals surface area contributed by atoms with Gasteiger partial charge in [0.1, 0.15) is 0 Å². The van der Waals surface area contributed by atoms with E-state index in [1.807, 2.05) is 0 Å². The highest BCUT2D eigenvalue weighted by molar-refractivity contribution is 4.95. The monoisotopic (exact) mass is 195 g/mol. The highest BCUT2D eigenvalue weighted by atomic mass is 15.2. The molecule has 1 aliphatic heterocycles. The molecule has 2 rings (SSSR count). The van der Waals surface area contributed by atoms with Gasteiger partial charge < -0.3 is 4.90 Å². The average Bonchev–Trinajstić information content (AvgIpc) is 2.26. The molecule has 1 saturated carbocycles. The minimum atomic E-state index is 0.748. The standard InChI is InChI=1S/C13H25N/c1-11(2)12-5-4-7-13(8-6-12)9-14(3)10-13/h11-12H,4-10H2,1-3H3. The van der Waals surface area contributed by atoms with E-state index >= 15 is 0 Å². The van der Waals surface area contributed by atoms with Crippen LogP contribution in [-0.2, 0) is 0 Å². The molecule has 1 heteroatoms. The predicted octanol–water partition coefficient (Wildman–Crippen LogP) is 3.15. The van der Waals surface area contributed by atoms with Crippen LogP contribution in [0, 0.1) is 17.3 Å². The fraction of sp³-hybridized carbons (Fsp3) is 1.00. The molecule has 2 aliphatic rings. The maximum atomic E-state index is 2.48. The molecule has 0 aromatic heterocycles. The lowest BCUT2D eigenvalue weighted by atomic mass is 9.73. The van der Waals surface area contributed by atoms with Crippen LogP contribution < -0.4 is 0 Å². The quantitative estimate of drug-likeness (QED) is 0.621. The molecular weight excluding hydrogens is 170 g/mol. The maximum absolute atomic E-state index is 2.48. The zero-order valence-electron chi connectivity index (χ0n) is 10.1. The van der Waals surface area contributed by atoms with Crippen molar-refractivity contribution in [2.24, 2.45) is 17.3 Å². The van der Waals surface area contributed by atoms with E-state index in [-0.39, 0.29) is 0 Å². The Balaban J connectivity index is 1.89. The largest absolute Gasteiger partial charge is 0.305 e. The number of nitrogens with zero attached hydrogens (tertiary/aromatic N) is 1. The minimum absolute atomic E-state index is 0.748. The van der Waals surface area contributed by atoms with Crippen LogP contribution in [0.3, 0.4) is 0 Å². The van der Waals surface area contributed by atoms with E-state index in [4.69, 9.17) is 0 Å². The molecular formula is C13H25N. The molecule has 1 heterocycles. The van der Waals surface area contributed by atoms with Gasteiger partial charge in [-0.1, -0.05) is 26.7 Å². The molecule has 1 saturated heterocycles. The van der Waals surface area contributed by atoms with Crippen LogP contribution in [0.25, 0.3) is 0 Å². The van der Waals surface area contributed by atoms with Gasteiger partial charge in [0.25, 0.3) is 0 Å². The number of hydrogen-bond donors (Lipinski definition) is 0. The molecule has 1 atom stereocenters. The number of likely N-dealkylation sites (tertiary alicyclic amines) is 1. The SMILES string of the molecule is CC(C)C1CCCC2(CC1)CN(C)C2. The average molecular weight is 195 g/mol. The predicted molar refractivity (Wildman–Crippen MR) is 61.3 cm³/mol. The van der Waals surface area contributed by atoms with Gasteiger partial charge in [-0.15, -0.1) is 0 Å². The second-order valence-corrected chi connectivity index (χ2v) is 6.11. The Labute approximate surface area is 88.9 Å². The molecule has 14 heavy (non-hydrogen) atoms. The van der Waals surface area contributed by atoms with Crippen LogP contribution in [0.5, 0.6) is 0 Å². The summed E-state index contributed by atoms with van der Waals surface area (Å²) in [6.07, 6.45) is 7.46. The Hall–Kier alpha value is -0.0400. The first-order valence-electron chi connectivity index (χ1n) is 6.30. The first kappa shape index (κ1) is 10.5. The van der Waals surface area contributed by atoms with Crippen molar-refractivity contribution in [3.8, 4) is 0 Å². The van der Waals surface area contributed by atoms with Crippen molar-refractivity contribution in [1.29, 1.82) is 0 Å². The minimum Gasteiger partial charge on any atom is -0.305 e. The summed E-state index contributed by atoms with van der Waals surface area (Å²) < 4.78 is 0. The van der Waals surface area contributed by atoms with Crippen LogP contribution in [0.2, 0.25) is 0 Å². The van der Waals surface area contributed by atoms with Gasteiger partial charge in [0.15, 0.2) is 0 Å². The Morgan fingerprint density at radius 1 is 1.14 bits per heavy atom. The number of hydrogen-bond acceptors (Lipinski definition) is 1. The van der Waals surface area contributed by atoms with Crippen LogP contribution in [0.15, 0.2) is 0 Å². The fourth-order valence-corrected chi connectivity index (χ4v) is 3.58. The zero-order chi connectivity index (χ0) is 10.2. The van der Waals surface area contributed by atoms with Gasteiger partial charge >= 0.3 is 0 Å². The molecule has 82 valence electrons. The lowest BCUT2D eigenvalue weighted by molar-refractivity contribution is 0.00755. The normalized spacial score (nSPS) is 33.0. The first-order valence-corrected chi connectivity index (χ1v) is 6.30. The molecule has 0 aromatic carbocycles. The molecule has 1 spiro atoms. The molecule has 1 aliphatic carbocycles. The first-order chi connectivity index (χ1) is 6.61. The highest BCUT2D eigenvalue weighted by Gasteiger charge is 2.41. The van der Waals surface area contributed by atoms with E-state index in [0.29, 0.717) is 0 Å². The van der Waals surface area contributed by atoms with Crippen molar-refractivity contribution in [2.45, 2.75) is 46.0 Å². The summed E-state index contributed by atoms with van der Waals surface area (Å²) in [7, 11) is 2.26. The van der Waals surface area contributed by atoms with Gasteiger partial charge in [0, 0.05) is 13.1 Å². The second-order valence-electron chi connectivity index (χ2n) is 6.11. The van der Waals surface area contributed by atoms with Crippen LogP contribution in [0.4, 0.5) is 0 Å². The third-order valence-electron chi connectivity index (χ3n) is 4.48. The van der Waals surface area contributed by atoms with E-state index in [9.17, 15) is 0 Å². The Morgan fingerprint density at radius 3 is 2.43 bits per heavy atom. The highest BCUT2D eigenvalue weighted by Crippen LogP contribution is 2.44. The summed E-state index contributed by atoms with van der Waals surface area (Å²) in [4.78, 5) is 2.48. The number of rotatable bonds is 1. The summed E-state index contributed by atoms with van der Waals surface area (Å²) in [5.41, 5.74) is 0.748. The van der Waals surface area contributed by atoms with Gasteiger partial charge in [-0.05, 0) is 43.6 Å². The molecule has 0 N–H and O–H groups in total. The third kappa shape index (κ3) is 1.98. The van der Waals surface area contributed by atoms with E-state index in [0.717, 1.165) is 17.3 Å². The second kappa shape index (κ2) is 3.84. The van der Waals surface area contributed by atoms with Crippen LogP contribution in [-0.4, -0.2) is 25.0 Å². The zero-order valence-corrected chi connectivity index (χ0v) is 10.1. The lowest BCUT2D eigenvalue weighted by Crippen LogP contribution is -2.53. The lowest BCUT2D eigenvalue weighted by Gasteiger charge is -2.48. The fourth-order valence-electron chi connectivity index (χ4n) is 3.58. The molecule has 0 radical (unpaired) electrons. The van der Waals surface area contributed by atoms with Crippen molar-refractivity contribution >= 4 is 0 Å². The van der Waals surface area contributed by atoms with E-state index in [1.54, 1.807) is 0 Å². The molecule has 2 fully saturated rings. The van der Waals surface area contributed by atoms with Crippen molar-refractivity contribution in [2.75, 3.05) is 20.1 Å². The molecule has 0 aromatic rings. The van der Waals surface area contributed by atoms with Crippen molar-refractivity contribution in [3.63, 3.8) is 0 Å². The van der Waals surface area contributed by atoms with Crippen LogP contribution in [0.1, 0.15) is 46.0 Å². The van der Waals surface area contributed by atoms with E-state index in [2.05, 4.69) is 25.8 Å². The van der Waals surface area contributed by atoms with E-state index in [1.165, 1.54) is 45.2 Å². The Bertz CT molecular complexity index is 191. The van der Waals surface area contributed by atoms with Gasteiger partial charge in [-0.3, -0.25) is 0 Å². The van der Waals surface area contributed by atoms with Crippen LogP contribution >= 0.6 is 0 Å². The Morgan fingerprint density at radius 2 is 1.86 bits per heavy atom. The summed E-state index contributed by atoms with van der Waals surface area (Å²) in [5, 5.41) is 0. The molecule has 0 amide bonds. The summed E-state index contributed by atoms with van der Waals surface area (Å²) in [6, 6.07) is 0. The van der Waals surface area contributed by atoms with Crippen molar-refractivity contribution in [3.05, 3.63) is 0 Å². The molecule has 1 unspecified atom stereocenters. The topological polar surface area (TPSA) is 3.24 Å². The summed E-state index contributed by atoms with van der Waals surface area (Å²) in [5.74, 6) is 1.92. The molecule has 0 bridgehead atoms. The molecule has 1 nitrogen and oxygen atoms in total. The van der Waals surface area contributed by atoms with Gasteiger partial charge in [0.05, 0.1) is 0 Å².